The van der Waals surface area contributed by atoms with Gasteiger partial charge in [0.25, 0.3) is 0 Å². The number of rotatable bonds is 6. The van der Waals surface area contributed by atoms with Crippen molar-refractivity contribution in [3.63, 3.8) is 0 Å². The summed E-state index contributed by atoms with van der Waals surface area (Å²) in [5.41, 5.74) is 0. The van der Waals surface area contributed by atoms with Gasteiger partial charge in [0.15, 0.2) is 5.82 Å². The van der Waals surface area contributed by atoms with E-state index in [0.29, 0.717) is 24.2 Å². The maximum Gasteiger partial charge on any atom is 0.228 e. The molecule has 5 nitrogen and oxygen atoms in total. The van der Waals surface area contributed by atoms with Gasteiger partial charge >= 0.3 is 0 Å². The minimum absolute atomic E-state index is 0.325. The van der Waals surface area contributed by atoms with E-state index in [2.05, 4.69) is 29.3 Å². The second-order valence-corrected chi connectivity index (χ2v) is 5.82. The second kappa shape index (κ2) is 5.59. The van der Waals surface area contributed by atoms with Gasteiger partial charge in [-0.05, 0) is 39.2 Å². The first kappa shape index (κ1) is 13.1. The molecule has 5 heteroatoms. The van der Waals surface area contributed by atoms with E-state index in [1.54, 1.807) is 0 Å². The molecule has 2 aliphatic heterocycles. The second-order valence-electron chi connectivity index (χ2n) is 5.82. The highest BCUT2D eigenvalue weighted by atomic mass is 16.5. The summed E-state index contributed by atoms with van der Waals surface area (Å²) < 4.78 is 11.2. The first-order chi connectivity index (χ1) is 9.26. The molecule has 4 atom stereocenters. The Balaban J connectivity index is 1.57. The van der Waals surface area contributed by atoms with Crippen LogP contribution in [0.15, 0.2) is 4.52 Å². The van der Waals surface area contributed by atoms with Crippen molar-refractivity contribution < 1.29 is 9.26 Å². The molecule has 106 valence electrons. The summed E-state index contributed by atoms with van der Waals surface area (Å²) in [4.78, 5) is 4.56. The van der Waals surface area contributed by atoms with E-state index in [9.17, 15) is 0 Å². The maximum atomic E-state index is 5.85. The fraction of sp³-hybridized carbons (Fsp3) is 0.857. The number of aromatic nitrogens is 2. The lowest BCUT2D eigenvalue weighted by Crippen LogP contribution is -2.28. The van der Waals surface area contributed by atoms with Crippen LogP contribution in [-0.4, -0.2) is 34.9 Å². The Morgan fingerprint density at radius 2 is 2.32 bits per heavy atom. The van der Waals surface area contributed by atoms with Gasteiger partial charge in [0.1, 0.15) is 0 Å². The third kappa shape index (κ3) is 2.82. The quantitative estimate of drug-likeness (QED) is 0.853. The van der Waals surface area contributed by atoms with E-state index in [-0.39, 0.29) is 0 Å². The van der Waals surface area contributed by atoms with Crippen LogP contribution in [0, 0.1) is 0 Å². The lowest BCUT2D eigenvalue weighted by molar-refractivity contribution is 0.0996. The number of hydrogen-bond donors (Lipinski definition) is 1. The highest BCUT2D eigenvalue weighted by Gasteiger charge is 2.43. The molecule has 2 bridgehead atoms. The number of nitrogens with zero attached hydrogens (tertiary/aromatic N) is 2. The molecule has 2 aliphatic rings. The molecule has 3 rings (SSSR count). The highest BCUT2D eigenvalue weighted by Crippen LogP contribution is 2.43. The summed E-state index contributed by atoms with van der Waals surface area (Å²) in [5.74, 6) is 1.95. The molecule has 0 aliphatic carbocycles. The molecule has 1 aromatic heterocycles. The van der Waals surface area contributed by atoms with Crippen LogP contribution in [0.4, 0.5) is 0 Å². The molecule has 2 saturated heterocycles. The van der Waals surface area contributed by atoms with Gasteiger partial charge in [-0.2, -0.15) is 4.98 Å². The van der Waals surface area contributed by atoms with Crippen molar-refractivity contribution in [3.8, 4) is 0 Å². The van der Waals surface area contributed by atoms with E-state index >= 15 is 0 Å². The molecular weight excluding hydrogens is 242 g/mol. The molecule has 0 radical (unpaired) electrons. The summed E-state index contributed by atoms with van der Waals surface area (Å²) in [6, 6.07) is 0.379. The number of nitrogens with one attached hydrogen (secondary N) is 1. The number of fused-ring (bicyclic) bond motifs is 2. The third-order valence-corrected chi connectivity index (χ3v) is 4.15. The van der Waals surface area contributed by atoms with Gasteiger partial charge in [-0.15, -0.1) is 0 Å². The monoisotopic (exact) mass is 265 g/mol. The fourth-order valence-electron chi connectivity index (χ4n) is 3.14. The van der Waals surface area contributed by atoms with Crippen molar-refractivity contribution in [1.29, 1.82) is 0 Å². The van der Waals surface area contributed by atoms with Gasteiger partial charge in [-0.3, -0.25) is 0 Å². The van der Waals surface area contributed by atoms with Gasteiger partial charge in [0.05, 0.1) is 18.1 Å². The highest BCUT2D eigenvalue weighted by molar-refractivity contribution is 5.07. The molecule has 2 fully saturated rings. The van der Waals surface area contributed by atoms with E-state index in [1.165, 1.54) is 6.42 Å². The zero-order chi connectivity index (χ0) is 13.2. The summed E-state index contributed by atoms with van der Waals surface area (Å²) in [6.45, 7) is 5.35. The van der Waals surface area contributed by atoms with Gasteiger partial charge in [-0.1, -0.05) is 12.1 Å². The average Bonchev–Trinajstić information content (AvgIpc) is 3.11. The standard InChI is InChI=1S/C14H23N3O2/c1-3-6-15-9(2)7-13-16-14(17-19-13)11-8-10-4-5-12(11)18-10/h9-12,15H,3-8H2,1-2H3. The minimum Gasteiger partial charge on any atom is -0.374 e. The Kier molecular flexibility index (Phi) is 3.84. The van der Waals surface area contributed by atoms with Crippen LogP contribution < -0.4 is 5.32 Å². The van der Waals surface area contributed by atoms with Crippen LogP contribution in [0.2, 0.25) is 0 Å². The molecule has 0 aromatic carbocycles. The Labute approximate surface area is 114 Å². The van der Waals surface area contributed by atoms with Crippen molar-refractivity contribution in [2.45, 2.75) is 70.1 Å². The first-order valence-electron chi connectivity index (χ1n) is 7.47. The Morgan fingerprint density at radius 3 is 3.00 bits per heavy atom. The largest absolute Gasteiger partial charge is 0.374 e. The first-order valence-corrected chi connectivity index (χ1v) is 7.47. The van der Waals surface area contributed by atoms with Crippen LogP contribution in [0.5, 0.6) is 0 Å². The van der Waals surface area contributed by atoms with Gasteiger partial charge in [0.2, 0.25) is 5.89 Å². The molecular formula is C14H23N3O2. The molecule has 19 heavy (non-hydrogen) atoms. The van der Waals surface area contributed by atoms with Crippen LogP contribution in [-0.2, 0) is 11.2 Å². The van der Waals surface area contributed by atoms with E-state index in [4.69, 9.17) is 9.26 Å². The maximum absolute atomic E-state index is 5.85. The Hall–Kier alpha value is -0.940. The normalized spacial score (nSPS) is 30.9. The zero-order valence-corrected chi connectivity index (χ0v) is 11.8. The molecule has 0 amide bonds. The van der Waals surface area contributed by atoms with Crippen molar-refractivity contribution in [2.75, 3.05) is 6.54 Å². The van der Waals surface area contributed by atoms with Crippen molar-refractivity contribution >= 4 is 0 Å². The Bertz CT molecular complexity index is 421. The summed E-state index contributed by atoms with van der Waals surface area (Å²) in [5, 5.41) is 7.59. The van der Waals surface area contributed by atoms with Gasteiger partial charge in [-0.25, -0.2) is 0 Å². The molecule has 4 unspecified atom stereocenters. The zero-order valence-electron chi connectivity index (χ0n) is 11.8. The van der Waals surface area contributed by atoms with Crippen LogP contribution >= 0.6 is 0 Å². The van der Waals surface area contributed by atoms with Crippen molar-refractivity contribution in [2.24, 2.45) is 0 Å². The van der Waals surface area contributed by atoms with Gasteiger partial charge < -0.3 is 14.6 Å². The van der Waals surface area contributed by atoms with E-state index in [1.807, 2.05) is 0 Å². The molecule has 1 aromatic rings. The lowest BCUT2D eigenvalue weighted by Gasteiger charge is -2.13. The van der Waals surface area contributed by atoms with E-state index in [0.717, 1.165) is 43.9 Å². The third-order valence-electron chi connectivity index (χ3n) is 4.15. The number of hydrogen-bond acceptors (Lipinski definition) is 5. The summed E-state index contributed by atoms with van der Waals surface area (Å²) in [6.07, 6.45) is 6.11. The van der Waals surface area contributed by atoms with Crippen LogP contribution in [0.1, 0.15) is 57.2 Å². The molecule has 0 spiro atoms. The smallest absolute Gasteiger partial charge is 0.228 e. The minimum atomic E-state index is 0.325. The predicted molar refractivity (Wildman–Crippen MR) is 71.0 cm³/mol. The fourth-order valence-corrected chi connectivity index (χ4v) is 3.14. The topological polar surface area (TPSA) is 60.2 Å². The van der Waals surface area contributed by atoms with E-state index < -0.39 is 0 Å². The van der Waals surface area contributed by atoms with Crippen LogP contribution in [0.25, 0.3) is 0 Å². The molecule has 1 N–H and O–H groups in total. The molecule has 3 heterocycles. The van der Waals surface area contributed by atoms with Gasteiger partial charge in [0, 0.05) is 12.5 Å². The number of ether oxygens (including phenoxy) is 1. The SMILES string of the molecule is CCCNC(C)Cc1nc(C2CC3CCC2O3)no1. The summed E-state index contributed by atoms with van der Waals surface area (Å²) >= 11 is 0. The van der Waals surface area contributed by atoms with Crippen LogP contribution in [0.3, 0.4) is 0 Å². The summed E-state index contributed by atoms with van der Waals surface area (Å²) in [7, 11) is 0. The van der Waals surface area contributed by atoms with Crippen molar-refractivity contribution in [3.05, 3.63) is 11.7 Å². The lowest BCUT2D eigenvalue weighted by atomic mass is 9.89. The molecule has 0 saturated carbocycles. The average molecular weight is 265 g/mol. The Morgan fingerprint density at radius 1 is 1.42 bits per heavy atom. The van der Waals surface area contributed by atoms with Crippen molar-refractivity contribution in [1.82, 2.24) is 15.5 Å². The predicted octanol–water partition coefficient (Wildman–Crippen LogP) is 2.04.